The molecule has 2 heterocycles. The van der Waals surface area contributed by atoms with Crippen molar-refractivity contribution in [1.82, 2.24) is 14.5 Å². The average molecular weight is 438 g/mol. The van der Waals surface area contributed by atoms with Crippen LogP contribution in [0, 0.1) is 0 Å². The van der Waals surface area contributed by atoms with Crippen molar-refractivity contribution >= 4 is 50.7 Å². The molecule has 5 rings (SSSR count). The highest BCUT2D eigenvalue weighted by Gasteiger charge is 2.15. The molecule has 1 N–H and O–H groups in total. The molecule has 0 fully saturated rings. The van der Waals surface area contributed by atoms with Crippen molar-refractivity contribution in [3.8, 4) is 0 Å². The summed E-state index contributed by atoms with van der Waals surface area (Å²) < 4.78 is 7.07. The monoisotopic (exact) mass is 438 g/mol. The number of carbonyl (C=O) groups is 2. The van der Waals surface area contributed by atoms with Gasteiger partial charge in [0.15, 0.2) is 5.65 Å². The van der Waals surface area contributed by atoms with Gasteiger partial charge in [-0.15, -0.1) is 0 Å². The molecule has 164 valence electrons. The highest BCUT2D eigenvalue weighted by Crippen LogP contribution is 2.28. The van der Waals surface area contributed by atoms with E-state index < -0.39 is 5.97 Å². The highest BCUT2D eigenvalue weighted by atomic mass is 16.5. The number of para-hydroxylation sites is 3. The first-order valence-corrected chi connectivity index (χ1v) is 10.8. The Morgan fingerprint density at radius 2 is 1.70 bits per heavy atom. The minimum atomic E-state index is -0.412. The van der Waals surface area contributed by atoms with Gasteiger partial charge in [0.25, 0.3) is 0 Å². The standard InChI is InChI=1S/C26H22N4O3/c1-2-33-26(32)17-8-7-9-18(16-17)27-23(31)14-15-30-22-13-6-3-10-19(22)24-25(30)29-21-12-5-4-11-20(21)28-24/h3-13,16H,2,14-15H2,1H3,(H,27,31). The third-order valence-electron chi connectivity index (χ3n) is 5.48. The number of ether oxygens (including phenoxy) is 1. The summed E-state index contributed by atoms with van der Waals surface area (Å²) >= 11 is 0. The largest absolute Gasteiger partial charge is 0.462 e. The predicted octanol–water partition coefficient (Wildman–Crippen LogP) is 4.94. The number of hydrogen-bond acceptors (Lipinski definition) is 5. The van der Waals surface area contributed by atoms with Crippen LogP contribution in [0.25, 0.3) is 33.1 Å². The zero-order chi connectivity index (χ0) is 22.8. The molecule has 0 aliphatic heterocycles. The number of aromatic nitrogens is 3. The highest BCUT2D eigenvalue weighted by molar-refractivity contribution is 6.06. The fourth-order valence-corrected chi connectivity index (χ4v) is 3.98. The molecule has 0 aliphatic rings. The summed E-state index contributed by atoms with van der Waals surface area (Å²) in [5, 5.41) is 3.88. The van der Waals surface area contributed by atoms with Crippen LogP contribution in [0.1, 0.15) is 23.7 Å². The quantitative estimate of drug-likeness (QED) is 0.379. The number of hydrogen-bond donors (Lipinski definition) is 1. The fraction of sp³-hybridized carbons (Fsp3) is 0.154. The maximum absolute atomic E-state index is 12.7. The molecule has 0 aliphatic carbocycles. The number of nitrogens with one attached hydrogen (secondary N) is 1. The van der Waals surface area contributed by atoms with Gasteiger partial charge in [-0.05, 0) is 43.3 Å². The molecule has 0 atom stereocenters. The van der Waals surface area contributed by atoms with E-state index in [0.29, 0.717) is 24.4 Å². The number of esters is 1. The number of benzene rings is 3. The van der Waals surface area contributed by atoms with Crippen LogP contribution >= 0.6 is 0 Å². The van der Waals surface area contributed by atoms with Crippen LogP contribution in [0.4, 0.5) is 5.69 Å². The lowest BCUT2D eigenvalue weighted by Gasteiger charge is -2.09. The van der Waals surface area contributed by atoms with E-state index in [1.165, 1.54) is 0 Å². The van der Waals surface area contributed by atoms with Crippen molar-refractivity contribution in [3.05, 3.63) is 78.4 Å². The maximum atomic E-state index is 12.7. The number of anilines is 1. The van der Waals surface area contributed by atoms with E-state index in [4.69, 9.17) is 14.7 Å². The van der Waals surface area contributed by atoms with Gasteiger partial charge in [-0.2, -0.15) is 0 Å². The van der Waals surface area contributed by atoms with E-state index in [1.807, 2.05) is 53.1 Å². The molecule has 1 amide bonds. The third kappa shape index (κ3) is 4.01. The van der Waals surface area contributed by atoms with Gasteiger partial charge < -0.3 is 14.6 Å². The molecule has 0 radical (unpaired) electrons. The Kier molecular flexibility index (Phi) is 5.44. The number of rotatable bonds is 6. The Morgan fingerprint density at radius 1 is 0.939 bits per heavy atom. The van der Waals surface area contributed by atoms with Gasteiger partial charge in [0.1, 0.15) is 5.52 Å². The summed E-state index contributed by atoms with van der Waals surface area (Å²) in [6.07, 6.45) is 0.242. The molecule has 2 aromatic heterocycles. The maximum Gasteiger partial charge on any atom is 0.338 e. The summed E-state index contributed by atoms with van der Waals surface area (Å²) in [6, 6.07) is 22.5. The number of aryl methyl sites for hydroxylation is 1. The van der Waals surface area contributed by atoms with Crippen LogP contribution in [-0.4, -0.2) is 33.0 Å². The zero-order valence-corrected chi connectivity index (χ0v) is 18.1. The summed E-state index contributed by atoms with van der Waals surface area (Å²) in [5.74, 6) is -0.569. The van der Waals surface area contributed by atoms with Crippen molar-refractivity contribution < 1.29 is 14.3 Å². The summed E-state index contributed by atoms with van der Waals surface area (Å²) in [5.41, 5.74) is 5.18. The van der Waals surface area contributed by atoms with Gasteiger partial charge >= 0.3 is 5.97 Å². The topological polar surface area (TPSA) is 86.1 Å². The molecule has 0 saturated carbocycles. The van der Waals surface area contributed by atoms with Crippen LogP contribution in [0.2, 0.25) is 0 Å². The van der Waals surface area contributed by atoms with Crippen LogP contribution in [0.15, 0.2) is 72.8 Å². The summed E-state index contributed by atoms with van der Waals surface area (Å²) in [7, 11) is 0. The predicted molar refractivity (Wildman–Crippen MR) is 128 cm³/mol. The Morgan fingerprint density at radius 3 is 2.52 bits per heavy atom. The molecule has 0 saturated heterocycles. The van der Waals surface area contributed by atoms with Gasteiger partial charge in [-0.3, -0.25) is 4.79 Å². The van der Waals surface area contributed by atoms with Crippen LogP contribution in [0.5, 0.6) is 0 Å². The minimum absolute atomic E-state index is 0.157. The fourth-order valence-electron chi connectivity index (χ4n) is 3.98. The number of amides is 1. The Bertz CT molecular complexity index is 1510. The van der Waals surface area contributed by atoms with E-state index in [2.05, 4.69) is 5.32 Å². The first-order chi connectivity index (χ1) is 16.1. The van der Waals surface area contributed by atoms with Gasteiger partial charge in [0, 0.05) is 24.0 Å². The Hall–Kier alpha value is -4.26. The lowest BCUT2D eigenvalue weighted by Crippen LogP contribution is -2.15. The second-order valence-corrected chi connectivity index (χ2v) is 7.65. The van der Waals surface area contributed by atoms with Crippen molar-refractivity contribution in [2.45, 2.75) is 19.9 Å². The van der Waals surface area contributed by atoms with E-state index in [-0.39, 0.29) is 12.3 Å². The van der Waals surface area contributed by atoms with E-state index >= 15 is 0 Å². The second kappa shape index (κ2) is 8.70. The number of carbonyl (C=O) groups excluding carboxylic acids is 2. The lowest BCUT2D eigenvalue weighted by molar-refractivity contribution is -0.116. The Balaban J connectivity index is 1.41. The van der Waals surface area contributed by atoms with E-state index in [9.17, 15) is 9.59 Å². The summed E-state index contributed by atoms with van der Waals surface area (Å²) in [6.45, 7) is 2.50. The SMILES string of the molecule is CCOC(=O)c1cccc(NC(=O)CCn2c3ccccc3c3nc4ccccc4nc32)c1. The van der Waals surface area contributed by atoms with Crippen LogP contribution < -0.4 is 5.32 Å². The van der Waals surface area contributed by atoms with Gasteiger partial charge in [-0.1, -0.05) is 36.4 Å². The molecule has 0 unspecified atom stereocenters. The minimum Gasteiger partial charge on any atom is -0.462 e. The molecule has 7 nitrogen and oxygen atoms in total. The smallest absolute Gasteiger partial charge is 0.338 e. The first-order valence-electron chi connectivity index (χ1n) is 10.8. The van der Waals surface area contributed by atoms with E-state index in [1.54, 1.807) is 31.2 Å². The zero-order valence-electron chi connectivity index (χ0n) is 18.1. The van der Waals surface area contributed by atoms with Crippen molar-refractivity contribution in [2.24, 2.45) is 0 Å². The van der Waals surface area contributed by atoms with Crippen LogP contribution in [0.3, 0.4) is 0 Å². The molecule has 7 heteroatoms. The van der Waals surface area contributed by atoms with Gasteiger partial charge in [0.05, 0.1) is 28.7 Å². The van der Waals surface area contributed by atoms with Crippen molar-refractivity contribution in [2.75, 3.05) is 11.9 Å². The summed E-state index contributed by atoms with van der Waals surface area (Å²) in [4.78, 5) is 34.4. The van der Waals surface area contributed by atoms with Crippen molar-refractivity contribution in [1.29, 1.82) is 0 Å². The second-order valence-electron chi connectivity index (χ2n) is 7.65. The molecular weight excluding hydrogens is 416 g/mol. The molecule has 3 aromatic carbocycles. The molecule has 5 aromatic rings. The lowest BCUT2D eigenvalue weighted by atomic mass is 10.2. The normalized spacial score (nSPS) is 11.2. The van der Waals surface area contributed by atoms with E-state index in [0.717, 1.165) is 33.1 Å². The first kappa shape index (κ1) is 20.6. The van der Waals surface area contributed by atoms with Gasteiger partial charge in [0.2, 0.25) is 5.91 Å². The Labute approximate surface area is 190 Å². The third-order valence-corrected chi connectivity index (χ3v) is 5.48. The number of nitrogens with zero attached hydrogens (tertiary/aromatic N) is 3. The van der Waals surface area contributed by atoms with Crippen LogP contribution in [-0.2, 0) is 16.1 Å². The average Bonchev–Trinajstić information content (AvgIpc) is 3.14. The molecule has 33 heavy (non-hydrogen) atoms. The molecule has 0 bridgehead atoms. The van der Waals surface area contributed by atoms with Gasteiger partial charge in [-0.25, -0.2) is 14.8 Å². The molecular formula is C26H22N4O3. The van der Waals surface area contributed by atoms with Crippen molar-refractivity contribution in [3.63, 3.8) is 0 Å². The molecule has 0 spiro atoms. The number of fused-ring (bicyclic) bond motifs is 4.